The Hall–Kier alpha value is -1.92. The number of benzene rings is 1. The maximum atomic E-state index is 11.7. The molecule has 2 amide bonds. The zero-order valence-corrected chi connectivity index (χ0v) is 13.3. The standard InChI is InChI=1S/C16H25N3O3/c1-3-5-15(20)18-13-6-8-14(9-7-13)19-16(21)12-17-10-4-11-22-2/h6-9,17H,3-5,10-12H2,1-2H3,(H,18,20)(H,19,21). The lowest BCUT2D eigenvalue weighted by Gasteiger charge is -2.08. The van der Waals surface area contributed by atoms with E-state index < -0.39 is 0 Å². The van der Waals surface area contributed by atoms with Crippen molar-refractivity contribution in [3.63, 3.8) is 0 Å². The van der Waals surface area contributed by atoms with Crippen LogP contribution in [0.15, 0.2) is 24.3 Å². The summed E-state index contributed by atoms with van der Waals surface area (Å²) in [5, 5.41) is 8.64. The molecule has 1 aromatic rings. The summed E-state index contributed by atoms with van der Waals surface area (Å²) in [5.41, 5.74) is 1.44. The van der Waals surface area contributed by atoms with Gasteiger partial charge in [-0.25, -0.2) is 0 Å². The quantitative estimate of drug-likeness (QED) is 0.578. The van der Waals surface area contributed by atoms with E-state index in [1.165, 1.54) is 0 Å². The van der Waals surface area contributed by atoms with Crippen LogP contribution in [0.3, 0.4) is 0 Å². The molecule has 0 spiro atoms. The Morgan fingerprint density at radius 1 is 1.05 bits per heavy atom. The molecular weight excluding hydrogens is 282 g/mol. The predicted octanol–water partition coefficient (Wildman–Crippen LogP) is 1.99. The van der Waals surface area contributed by atoms with E-state index in [-0.39, 0.29) is 18.4 Å². The van der Waals surface area contributed by atoms with E-state index in [0.29, 0.717) is 18.7 Å². The van der Waals surface area contributed by atoms with Crippen LogP contribution in [0.1, 0.15) is 26.2 Å². The van der Waals surface area contributed by atoms with Crippen molar-refractivity contribution in [2.75, 3.05) is 37.4 Å². The Morgan fingerprint density at radius 3 is 2.18 bits per heavy atom. The van der Waals surface area contributed by atoms with Crippen molar-refractivity contribution in [1.29, 1.82) is 0 Å². The van der Waals surface area contributed by atoms with Gasteiger partial charge in [0, 0.05) is 31.5 Å². The van der Waals surface area contributed by atoms with Crippen molar-refractivity contribution >= 4 is 23.2 Å². The van der Waals surface area contributed by atoms with Crippen molar-refractivity contribution < 1.29 is 14.3 Å². The minimum atomic E-state index is -0.0971. The van der Waals surface area contributed by atoms with Gasteiger partial charge in [-0.2, -0.15) is 0 Å². The Morgan fingerprint density at radius 2 is 1.64 bits per heavy atom. The molecule has 0 aromatic heterocycles. The minimum absolute atomic E-state index is 0.000422. The van der Waals surface area contributed by atoms with Crippen LogP contribution in [-0.2, 0) is 14.3 Å². The monoisotopic (exact) mass is 307 g/mol. The second-order valence-corrected chi connectivity index (χ2v) is 4.95. The number of nitrogens with one attached hydrogen (secondary N) is 3. The van der Waals surface area contributed by atoms with Gasteiger partial charge in [0.25, 0.3) is 0 Å². The molecule has 6 heteroatoms. The normalized spacial score (nSPS) is 10.3. The molecule has 0 saturated heterocycles. The van der Waals surface area contributed by atoms with Crippen molar-refractivity contribution in [3.8, 4) is 0 Å². The summed E-state index contributed by atoms with van der Waals surface area (Å²) >= 11 is 0. The first kappa shape index (κ1) is 18.1. The lowest BCUT2D eigenvalue weighted by atomic mass is 10.2. The third-order valence-corrected chi connectivity index (χ3v) is 2.92. The molecule has 0 saturated carbocycles. The van der Waals surface area contributed by atoms with Gasteiger partial charge >= 0.3 is 0 Å². The average molecular weight is 307 g/mol. The summed E-state index contributed by atoms with van der Waals surface area (Å²) in [5.74, 6) is -0.0975. The first-order chi connectivity index (χ1) is 10.7. The van der Waals surface area contributed by atoms with Gasteiger partial charge in [0.2, 0.25) is 11.8 Å². The molecule has 0 radical (unpaired) electrons. The Bertz CT molecular complexity index is 460. The molecule has 0 unspecified atom stereocenters. The number of hydrogen-bond acceptors (Lipinski definition) is 4. The molecule has 0 bridgehead atoms. The number of anilines is 2. The van der Waals surface area contributed by atoms with E-state index in [1.54, 1.807) is 31.4 Å². The smallest absolute Gasteiger partial charge is 0.238 e. The van der Waals surface area contributed by atoms with E-state index >= 15 is 0 Å². The van der Waals surface area contributed by atoms with Crippen LogP contribution in [-0.4, -0.2) is 38.6 Å². The highest BCUT2D eigenvalue weighted by Gasteiger charge is 2.03. The number of ether oxygens (including phenoxy) is 1. The summed E-state index contributed by atoms with van der Waals surface area (Å²) < 4.78 is 4.93. The summed E-state index contributed by atoms with van der Waals surface area (Å²) in [7, 11) is 1.65. The lowest BCUT2D eigenvalue weighted by Crippen LogP contribution is -2.29. The van der Waals surface area contributed by atoms with Gasteiger partial charge in [0.05, 0.1) is 6.54 Å². The number of methoxy groups -OCH3 is 1. The first-order valence-corrected chi connectivity index (χ1v) is 7.55. The first-order valence-electron chi connectivity index (χ1n) is 7.55. The average Bonchev–Trinajstić information content (AvgIpc) is 2.49. The van der Waals surface area contributed by atoms with E-state index in [9.17, 15) is 9.59 Å². The van der Waals surface area contributed by atoms with Gasteiger partial charge in [-0.15, -0.1) is 0 Å². The minimum Gasteiger partial charge on any atom is -0.385 e. The molecule has 0 aliphatic carbocycles. The molecule has 22 heavy (non-hydrogen) atoms. The van der Waals surface area contributed by atoms with Gasteiger partial charge in [-0.05, 0) is 43.7 Å². The SMILES string of the molecule is CCCC(=O)Nc1ccc(NC(=O)CNCCCOC)cc1. The molecule has 0 aliphatic rings. The van der Waals surface area contributed by atoms with Crippen LogP contribution in [0, 0.1) is 0 Å². The molecule has 122 valence electrons. The van der Waals surface area contributed by atoms with Crippen LogP contribution < -0.4 is 16.0 Å². The highest BCUT2D eigenvalue weighted by Crippen LogP contribution is 2.13. The van der Waals surface area contributed by atoms with Gasteiger partial charge in [-0.1, -0.05) is 6.92 Å². The highest BCUT2D eigenvalue weighted by molar-refractivity contribution is 5.93. The molecule has 1 aromatic carbocycles. The molecule has 0 atom stereocenters. The van der Waals surface area contributed by atoms with Crippen molar-refractivity contribution in [2.45, 2.75) is 26.2 Å². The molecule has 0 heterocycles. The van der Waals surface area contributed by atoms with Crippen LogP contribution in [0.4, 0.5) is 11.4 Å². The molecule has 1 rings (SSSR count). The number of carbonyl (C=O) groups is 2. The van der Waals surface area contributed by atoms with E-state index in [4.69, 9.17) is 4.74 Å². The summed E-state index contributed by atoms with van der Waals surface area (Å²) in [6, 6.07) is 7.08. The molecule has 0 aliphatic heterocycles. The van der Waals surface area contributed by atoms with Crippen LogP contribution in [0.2, 0.25) is 0 Å². The van der Waals surface area contributed by atoms with E-state index in [2.05, 4.69) is 16.0 Å². The Labute approximate surface area is 131 Å². The fourth-order valence-electron chi connectivity index (χ4n) is 1.84. The third-order valence-electron chi connectivity index (χ3n) is 2.92. The predicted molar refractivity (Wildman–Crippen MR) is 88.0 cm³/mol. The zero-order chi connectivity index (χ0) is 16.2. The summed E-state index contributed by atoms with van der Waals surface area (Å²) in [4.78, 5) is 23.2. The van der Waals surface area contributed by atoms with Crippen LogP contribution in [0.25, 0.3) is 0 Å². The van der Waals surface area contributed by atoms with Crippen LogP contribution >= 0.6 is 0 Å². The maximum Gasteiger partial charge on any atom is 0.238 e. The second kappa shape index (κ2) is 10.8. The van der Waals surface area contributed by atoms with Gasteiger partial charge < -0.3 is 20.7 Å². The number of rotatable bonds is 10. The topological polar surface area (TPSA) is 79.5 Å². The molecule has 0 fully saturated rings. The van der Waals surface area contributed by atoms with Gasteiger partial charge in [-0.3, -0.25) is 9.59 Å². The molecule has 6 nitrogen and oxygen atoms in total. The highest BCUT2D eigenvalue weighted by atomic mass is 16.5. The largest absolute Gasteiger partial charge is 0.385 e. The number of hydrogen-bond donors (Lipinski definition) is 3. The van der Waals surface area contributed by atoms with Crippen molar-refractivity contribution in [3.05, 3.63) is 24.3 Å². The van der Waals surface area contributed by atoms with Gasteiger partial charge in [0.1, 0.15) is 0 Å². The fourth-order valence-corrected chi connectivity index (χ4v) is 1.84. The zero-order valence-electron chi connectivity index (χ0n) is 13.3. The molecular formula is C16H25N3O3. The molecule has 3 N–H and O–H groups in total. The van der Waals surface area contributed by atoms with E-state index in [1.807, 2.05) is 6.92 Å². The summed E-state index contributed by atoms with van der Waals surface area (Å²) in [6.07, 6.45) is 2.19. The van der Waals surface area contributed by atoms with Crippen molar-refractivity contribution in [1.82, 2.24) is 5.32 Å². The third kappa shape index (κ3) is 7.75. The lowest BCUT2D eigenvalue weighted by molar-refractivity contribution is -0.116. The van der Waals surface area contributed by atoms with E-state index in [0.717, 1.165) is 25.1 Å². The Kier molecular flexibility index (Phi) is 8.86. The summed E-state index contributed by atoms with van der Waals surface area (Å²) in [6.45, 7) is 3.64. The maximum absolute atomic E-state index is 11.7. The number of carbonyl (C=O) groups excluding carboxylic acids is 2. The fraction of sp³-hybridized carbons (Fsp3) is 0.500. The number of amides is 2. The van der Waals surface area contributed by atoms with Gasteiger partial charge in [0.15, 0.2) is 0 Å². The van der Waals surface area contributed by atoms with Crippen molar-refractivity contribution in [2.24, 2.45) is 0 Å². The van der Waals surface area contributed by atoms with Crippen LogP contribution in [0.5, 0.6) is 0 Å². The second-order valence-electron chi connectivity index (χ2n) is 4.95. The Balaban J connectivity index is 2.31.